The summed E-state index contributed by atoms with van der Waals surface area (Å²) < 4.78 is 0. The van der Waals surface area contributed by atoms with Crippen molar-refractivity contribution in [1.82, 2.24) is 4.98 Å². The summed E-state index contributed by atoms with van der Waals surface area (Å²) in [6, 6.07) is 7.25. The van der Waals surface area contributed by atoms with E-state index >= 15 is 0 Å². The van der Waals surface area contributed by atoms with Gasteiger partial charge in [0.25, 0.3) is 5.91 Å². The first-order valence-corrected chi connectivity index (χ1v) is 11.2. The summed E-state index contributed by atoms with van der Waals surface area (Å²) in [5.41, 5.74) is 9.93. The van der Waals surface area contributed by atoms with Crippen molar-refractivity contribution in [2.45, 2.75) is 40.0 Å². The Balaban J connectivity index is 1.68. The van der Waals surface area contributed by atoms with E-state index in [1.54, 1.807) is 18.2 Å². The lowest BCUT2D eigenvalue weighted by Crippen LogP contribution is -2.27. The maximum Gasteiger partial charge on any atom is 0.267 e. The number of benzene rings is 1. The van der Waals surface area contributed by atoms with Crippen LogP contribution in [0.25, 0.3) is 10.2 Å². The number of aryl methyl sites for hydroxylation is 1. The Kier molecular flexibility index (Phi) is 5.26. The van der Waals surface area contributed by atoms with Crippen molar-refractivity contribution in [3.8, 4) is 0 Å². The number of pyridine rings is 1. The zero-order valence-electron chi connectivity index (χ0n) is 16.6. The normalized spacial score (nSPS) is 16.7. The molecule has 4 nitrogen and oxygen atoms in total. The van der Waals surface area contributed by atoms with Gasteiger partial charge in [-0.1, -0.05) is 50.0 Å². The molecule has 152 valence electrons. The van der Waals surface area contributed by atoms with Gasteiger partial charge in [-0.15, -0.1) is 11.3 Å². The first-order valence-electron chi connectivity index (χ1n) is 9.61. The van der Waals surface area contributed by atoms with Crippen LogP contribution in [0.3, 0.4) is 0 Å². The van der Waals surface area contributed by atoms with Gasteiger partial charge in [-0.2, -0.15) is 0 Å². The molecule has 0 fully saturated rings. The lowest BCUT2D eigenvalue weighted by Gasteiger charge is -2.34. The molecule has 0 spiro atoms. The van der Waals surface area contributed by atoms with E-state index in [-0.39, 0.29) is 11.3 Å². The third-order valence-corrected chi connectivity index (χ3v) is 7.65. The summed E-state index contributed by atoms with van der Waals surface area (Å²) in [6.45, 7) is 6.87. The fourth-order valence-corrected chi connectivity index (χ4v) is 5.22. The molecular weight excluding hydrogens is 425 g/mol. The highest BCUT2D eigenvalue weighted by Gasteiger charge is 2.30. The molecule has 2 heterocycles. The number of nitrogens with zero attached hydrogens (tertiary/aromatic N) is 1. The number of halogens is 2. The molecule has 0 aliphatic heterocycles. The lowest BCUT2D eigenvalue weighted by atomic mass is 9.71. The van der Waals surface area contributed by atoms with Crippen molar-refractivity contribution in [1.29, 1.82) is 0 Å². The predicted molar refractivity (Wildman–Crippen MR) is 123 cm³/mol. The van der Waals surface area contributed by atoms with Gasteiger partial charge >= 0.3 is 0 Å². The number of anilines is 2. The molecule has 0 saturated heterocycles. The van der Waals surface area contributed by atoms with Crippen LogP contribution in [0.15, 0.2) is 24.3 Å². The van der Waals surface area contributed by atoms with E-state index in [0.29, 0.717) is 32.2 Å². The Hall–Kier alpha value is -1.82. The molecule has 1 aliphatic rings. The first kappa shape index (κ1) is 20.5. The maximum absolute atomic E-state index is 12.9. The zero-order chi connectivity index (χ0) is 20.9. The van der Waals surface area contributed by atoms with Crippen molar-refractivity contribution in [3.63, 3.8) is 0 Å². The van der Waals surface area contributed by atoms with Gasteiger partial charge in [0.05, 0.1) is 21.4 Å². The predicted octanol–water partition coefficient (Wildman–Crippen LogP) is 6.59. The number of nitrogens with one attached hydrogen (secondary N) is 1. The summed E-state index contributed by atoms with van der Waals surface area (Å²) >= 11 is 13.5. The van der Waals surface area contributed by atoms with E-state index in [9.17, 15) is 4.79 Å². The molecule has 29 heavy (non-hydrogen) atoms. The number of nitrogens with two attached hydrogens (primary N) is 1. The largest absolute Gasteiger partial charge is 0.397 e. The van der Waals surface area contributed by atoms with Crippen LogP contribution >= 0.6 is 34.5 Å². The highest BCUT2D eigenvalue weighted by atomic mass is 35.5. The van der Waals surface area contributed by atoms with Gasteiger partial charge in [-0.25, -0.2) is 4.98 Å². The number of fused-ring (bicyclic) bond motifs is 2. The molecule has 1 amide bonds. The maximum atomic E-state index is 12.9. The number of hydrogen-bond acceptors (Lipinski definition) is 4. The van der Waals surface area contributed by atoms with Crippen LogP contribution in [-0.4, -0.2) is 10.9 Å². The fraction of sp³-hybridized carbons (Fsp3) is 0.364. The van der Waals surface area contributed by atoms with Crippen LogP contribution in [0.5, 0.6) is 0 Å². The van der Waals surface area contributed by atoms with Gasteiger partial charge in [0.1, 0.15) is 9.71 Å². The molecule has 1 aliphatic carbocycles. The Morgan fingerprint density at radius 3 is 2.79 bits per heavy atom. The van der Waals surface area contributed by atoms with Gasteiger partial charge in [0.15, 0.2) is 0 Å². The van der Waals surface area contributed by atoms with Crippen LogP contribution < -0.4 is 11.1 Å². The SMILES string of the molecule is CC(C)(C)[C@@H]1CCc2nc3sc(C(=O)Nc4cccc(Cl)c4Cl)c(N)c3cc2C1. The van der Waals surface area contributed by atoms with Crippen molar-refractivity contribution in [2.75, 3.05) is 11.1 Å². The Bertz CT molecular complexity index is 1120. The number of hydrogen-bond donors (Lipinski definition) is 2. The molecule has 4 rings (SSSR count). The van der Waals surface area contributed by atoms with E-state index in [1.807, 2.05) is 0 Å². The van der Waals surface area contributed by atoms with Crippen molar-refractivity contribution >= 4 is 62.0 Å². The van der Waals surface area contributed by atoms with Gasteiger partial charge in [0, 0.05) is 11.1 Å². The quantitative estimate of drug-likeness (QED) is 0.465. The average molecular weight is 448 g/mol. The molecule has 0 saturated carbocycles. The number of thiophene rings is 1. The summed E-state index contributed by atoms with van der Waals surface area (Å²) in [6.07, 6.45) is 3.10. The Morgan fingerprint density at radius 1 is 1.31 bits per heavy atom. The Morgan fingerprint density at radius 2 is 2.07 bits per heavy atom. The van der Waals surface area contributed by atoms with Crippen molar-refractivity contribution in [2.24, 2.45) is 11.3 Å². The zero-order valence-corrected chi connectivity index (χ0v) is 18.9. The third-order valence-electron chi connectivity index (χ3n) is 5.72. The summed E-state index contributed by atoms with van der Waals surface area (Å²) in [5.74, 6) is 0.307. The number of amides is 1. The molecule has 0 unspecified atom stereocenters. The summed E-state index contributed by atoms with van der Waals surface area (Å²) in [7, 11) is 0. The van der Waals surface area contributed by atoms with E-state index in [0.717, 1.165) is 35.2 Å². The van der Waals surface area contributed by atoms with E-state index < -0.39 is 0 Å². The molecule has 0 bridgehead atoms. The molecule has 3 N–H and O–H groups in total. The second-order valence-electron chi connectivity index (χ2n) is 8.65. The second kappa shape index (κ2) is 7.46. The highest BCUT2D eigenvalue weighted by molar-refractivity contribution is 7.21. The van der Waals surface area contributed by atoms with Crippen LogP contribution in [0.1, 0.15) is 48.1 Å². The van der Waals surface area contributed by atoms with Gasteiger partial charge in [-0.3, -0.25) is 4.79 Å². The van der Waals surface area contributed by atoms with Crippen LogP contribution in [0.2, 0.25) is 10.0 Å². The molecule has 3 aromatic rings. The topological polar surface area (TPSA) is 68.0 Å². The van der Waals surface area contributed by atoms with Gasteiger partial charge in [-0.05, 0) is 54.4 Å². The monoisotopic (exact) mass is 447 g/mol. The minimum absolute atomic E-state index is 0.258. The van der Waals surface area contributed by atoms with E-state index in [2.05, 4.69) is 32.2 Å². The molecule has 0 radical (unpaired) electrons. The van der Waals surface area contributed by atoms with Gasteiger partial charge < -0.3 is 11.1 Å². The minimum Gasteiger partial charge on any atom is -0.397 e. The van der Waals surface area contributed by atoms with Crippen LogP contribution in [0.4, 0.5) is 11.4 Å². The van der Waals surface area contributed by atoms with Gasteiger partial charge in [0.2, 0.25) is 0 Å². The minimum atomic E-state index is -0.305. The average Bonchev–Trinajstić information content (AvgIpc) is 2.98. The first-order chi connectivity index (χ1) is 13.6. The second-order valence-corrected chi connectivity index (χ2v) is 10.4. The van der Waals surface area contributed by atoms with Crippen LogP contribution in [0, 0.1) is 11.3 Å². The van der Waals surface area contributed by atoms with Crippen molar-refractivity contribution in [3.05, 3.63) is 50.4 Å². The smallest absolute Gasteiger partial charge is 0.267 e. The van der Waals surface area contributed by atoms with Crippen LogP contribution in [-0.2, 0) is 12.8 Å². The molecule has 2 aromatic heterocycles. The standard InChI is InChI=1S/C22H23Cl2N3OS/c1-22(2,3)12-7-8-15-11(9-12)10-13-18(25)19(29-21(13)27-15)20(28)26-16-6-4-5-14(23)17(16)24/h4-6,10,12H,7-9,25H2,1-3H3,(H,26,28)/t12-/m1/s1. The number of rotatable bonds is 2. The molecular formula is C22H23Cl2N3OS. The lowest BCUT2D eigenvalue weighted by molar-refractivity contribution is 0.103. The molecule has 7 heteroatoms. The molecule has 1 atom stereocenters. The van der Waals surface area contributed by atoms with Crippen molar-refractivity contribution < 1.29 is 4.79 Å². The molecule has 1 aromatic carbocycles. The summed E-state index contributed by atoms with van der Waals surface area (Å²) in [5, 5.41) is 4.36. The van der Waals surface area contributed by atoms with E-state index in [4.69, 9.17) is 33.9 Å². The highest BCUT2D eigenvalue weighted by Crippen LogP contribution is 2.40. The Labute approximate surface area is 184 Å². The summed E-state index contributed by atoms with van der Waals surface area (Å²) in [4.78, 5) is 19.0. The van der Waals surface area contributed by atoms with E-state index in [1.165, 1.54) is 16.9 Å². The number of carbonyl (C=O) groups excluding carboxylic acids is 1. The number of carbonyl (C=O) groups is 1. The third kappa shape index (κ3) is 3.83. The fourth-order valence-electron chi connectivity index (χ4n) is 3.88. The number of nitrogen functional groups attached to an aromatic ring is 1. The number of aromatic nitrogens is 1.